The molecule has 0 fully saturated rings. The van der Waals surface area contributed by atoms with E-state index in [1.165, 1.54) is 6.34 Å². The number of nitrogens with one attached hydrogen (secondary N) is 1. The minimum Gasteiger partial charge on any atom is -0.497 e. The first-order valence-electron chi connectivity index (χ1n) is 16.1. The van der Waals surface area contributed by atoms with Crippen molar-refractivity contribution in [3.05, 3.63) is 131 Å². The van der Waals surface area contributed by atoms with Gasteiger partial charge in [0.25, 0.3) is 5.91 Å². The van der Waals surface area contributed by atoms with E-state index in [-0.39, 0.29) is 12.5 Å². The molecule has 12 nitrogen and oxygen atoms in total. The van der Waals surface area contributed by atoms with Gasteiger partial charge in [0.2, 0.25) is 0 Å². The fourth-order valence-corrected chi connectivity index (χ4v) is 6.71. The van der Waals surface area contributed by atoms with Gasteiger partial charge in [-0.25, -0.2) is 9.98 Å². The molecule has 0 bridgehead atoms. The van der Waals surface area contributed by atoms with E-state index in [0.717, 1.165) is 16.7 Å². The molecule has 0 spiro atoms. The normalized spacial score (nSPS) is 17.5. The molecule has 0 saturated carbocycles. The summed E-state index contributed by atoms with van der Waals surface area (Å²) < 4.78 is 17.1. The number of methoxy groups -OCH3 is 2. The van der Waals surface area contributed by atoms with Gasteiger partial charge in [-0.1, -0.05) is 72.8 Å². The number of aliphatic hydroxyl groups is 3. The van der Waals surface area contributed by atoms with E-state index in [9.17, 15) is 20.1 Å². The van der Waals surface area contributed by atoms with E-state index in [1.54, 1.807) is 43.4 Å². The van der Waals surface area contributed by atoms with Crippen molar-refractivity contribution >= 4 is 23.9 Å². The molecule has 1 unspecified atom stereocenters. The number of amidine groups is 2. The van der Waals surface area contributed by atoms with Crippen LogP contribution < -0.4 is 14.8 Å². The van der Waals surface area contributed by atoms with Crippen molar-refractivity contribution in [3.8, 4) is 11.5 Å². The van der Waals surface area contributed by atoms with Crippen molar-refractivity contribution in [2.75, 3.05) is 40.7 Å². The summed E-state index contributed by atoms with van der Waals surface area (Å²) in [4.78, 5) is 30.6. The Kier molecular flexibility index (Phi) is 10.3. The van der Waals surface area contributed by atoms with Crippen LogP contribution in [0.3, 0.4) is 0 Å². The second-order valence-electron chi connectivity index (χ2n) is 11.6. The van der Waals surface area contributed by atoms with E-state index in [0.29, 0.717) is 22.9 Å². The van der Waals surface area contributed by atoms with Crippen LogP contribution in [0, 0.1) is 0 Å². The Hall–Kier alpha value is -5.40. The van der Waals surface area contributed by atoms with Gasteiger partial charge in [-0.15, -0.1) is 0 Å². The van der Waals surface area contributed by atoms with Crippen LogP contribution in [0.4, 0.5) is 0 Å². The molecule has 12 heteroatoms. The van der Waals surface area contributed by atoms with Crippen LogP contribution in [-0.4, -0.2) is 103 Å². The largest absolute Gasteiger partial charge is 0.497 e. The molecule has 0 saturated heterocycles. The number of carbonyl (C=O) groups excluding carboxylic acids is 1. The lowest BCUT2D eigenvalue weighted by molar-refractivity contribution is -0.109. The second-order valence-corrected chi connectivity index (χ2v) is 11.6. The monoisotopic (exact) mass is 677 g/mol. The molecule has 2 aliphatic heterocycles. The first kappa shape index (κ1) is 34.5. The van der Waals surface area contributed by atoms with Crippen LogP contribution in [0.25, 0.3) is 0 Å². The maximum Gasteiger partial charge on any atom is 0.256 e. The fraction of sp³-hybridized carbons (Fsp3) is 0.263. The Bertz CT molecular complexity index is 1800. The summed E-state index contributed by atoms with van der Waals surface area (Å²) in [5.41, 5.74) is -0.198. The van der Waals surface area contributed by atoms with Crippen molar-refractivity contribution in [2.24, 2.45) is 15.0 Å². The summed E-state index contributed by atoms with van der Waals surface area (Å²) in [7, 11) is 3.19. The summed E-state index contributed by atoms with van der Waals surface area (Å²) in [6.07, 6.45) is -0.605. The van der Waals surface area contributed by atoms with Gasteiger partial charge in [0.05, 0.1) is 45.8 Å². The van der Waals surface area contributed by atoms with Gasteiger partial charge in [-0.05, 0) is 53.1 Å². The molecular formula is C38H39N5O7. The summed E-state index contributed by atoms with van der Waals surface area (Å²) in [6.45, 7) is -1.58. The number of fused-ring (bicyclic) bond motifs is 1. The Balaban J connectivity index is 1.68. The predicted molar refractivity (Wildman–Crippen MR) is 189 cm³/mol. The molecule has 4 aromatic carbocycles. The number of hydrogen-bond donors (Lipinski definition) is 4. The number of carbonyl (C=O) groups is 1. The molecule has 2 atom stereocenters. The number of rotatable bonds is 13. The second kappa shape index (κ2) is 15.0. The zero-order valence-corrected chi connectivity index (χ0v) is 27.7. The smallest absolute Gasteiger partial charge is 0.256 e. The average molecular weight is 678 g/mol. The minimum atomic E-state index is -1.62. The number of hydrogen-bond acceptors (Lipinski definition) is 11. The number of aliphatic imine (C=N–C) groups is 3. The summed E-state index contributed by atoms with van der Waals surface area (Å²) in [5, 5.41) is 33.5. The van der Waals surface area contributed by atoms with E-state index in [1.807, 2.05) is 84.9 Å². The standard InChI is InChI=1S/C38H39N5O7/c1-48-30-17-13-28(14-18-30)37(27-11-7-4-8-12-27,29-15-19-31(49-2)20-16-29)38-35(42-34(47)26-9-5-3-6-10-26)39-24-40-36(38)43(25-41-38)33(23-46)50-32(21-44)22-45/h3-20,25,32-33,44-46H,21-24H2,1-2H3,(H,39,42,47)/t33-,38?/m1/s1. The number of benzene rings is 4. The van der Waals surface area contributed by atoms with Gasteiger partial charge in [0.15, 0.2) is 11.8 Å². The average Bonchev–Trinajstić information content (AvgIpc) is 3.58. The third-order valence-corrected chi connectivity index (χ3v) is 9.02. The molecule has 2 heterocycles. The molecular weight excluding hydrogens is 638 g/mol. The number of nitrogens with zero attached hydrogens (tertiary/aromatic N) is 4. The van der Waals surface area contributed by atoms with Crippen LogP contribution >= 0.6 is 0 Å². The highest BCUT2D eigenvalue weighted by molar-refractivity contribution is 6.27. The van der Waals surface area contributed by atoms with Crippen LogP contribution in [0.15, 0.2) is 124 Å². The Morgan fingerprint density at radius 3 is 1.84 bits per heavy atom. The van der Waals surface area contributed by atoms with Gasteiger partial charge in [0, 0.05) is 5.56 Å². The number of amides is 1. The lowest BCUT2D eigenvalue weighted by atomic mass is 9.56. The maximum absolute atomic E-state index is 14.0. The third-order valence-electron chi connectivity index (χ3n) is 9.02. The Morgan fingerprint density at radius 1 is 0.780 bits per heavy atom. The third kappa shape index (κ3) is 5.92. The van der Waals surface area contributed by atoms with Crippen molar-refractivity contribution in [1.29, 1.82) is 0 Å². The van der Waals surface area contributed by atoms with Crippen LogP contribution in [0.1, 0.15) is 27.0 Å². The number of aliphatic hydroxyl groups excluding tert-OH is 3. The molecule has 50 heavy (non-hydrogen) atoms. The number of ether oxygens (including phenoxy) is 3. The zero-order valence-electron chi connectivity index (χ0n) is 27.7. The highest BCUT2D eigenvalue weighted by atomic mass is 16.5. The SMILES string of the molecule is COc1ccc(C(c2ccccc2)(c2ccc(OC)cc2)C23N=CN([C@@H](CO)OC(CO)CO)C2=NCN=C3NC(=O)c2ccccc2)cc1. The Morgan fingerprint density at radius 2 is 1.32 bits per heavy atom. The molecule has 0 aromatic heterocycles. The van der Waals surface area contributed by atoms with E-state index in [2.05, 4.69) is 5.32 Å². The quantitative estimate of drug-likeness (QED) is 0.157. The Labute approximate surface area is 290 Å². The van der Waals surface area contributed by atoms with Crippen molar-refractivity contribution in [3.63, 3.8) is 0 Å². The fourth-order valence-electron chi connectivity index (χ4n) is 6.71. The van der Waals surface area contributed by atoms with Crippen molar-refractivity contribution in [2.45, 2.75) is 23.3 Å². The summed E-state index contributed by atoms with van der Waals surface area (Å²) >= 11 is 0. The molecule has 4 aromatic rings. The zero-order chi connectivity index (χ0) is 35.1. The molecule has 1 amide bonds. The predicted octanol–water partition coefficient (Wildman–Crippen LogP) is 3.01. The van der Waals surface area contributed by atoms with E-state index >= 15 is 0 Å². The van der Waals surface area contributed by atoms with Gasteiger partial charge in [0.1, 0.15) is 35.9 Å². The lowest BCUT2D eigenvalue weighted by Crippen LogP contribution is -2.68. The minimum absolute atomic E-state index is 0.0704. The molecule has 4 N–H and O–H groups in total. The summed E-state index contributed by atoms with van der Waals surface area (Å²) in [6, 6.07) is 33.7. The molecule has 0 aliphatic carbocycles. The van der Waals surface area contributed by atoms with Crippen molar-refractivity contribution < 1.29 is 34.3 Å². The highest BCUT2D eigenvalue weighted by Gasteiger charge is 2.66. The maximum atomic E-state index is 14.0. The first-order chi connectivity index (χ1) is 24.5. The van der Waals surface area contributed by atoms with Crippen LogP contribution in [-0.2, 0) is 10.2 Å². The topological polar surface area (TPSA) is 158 Å². The molecule has 258 valence electrons. The first-order valence-corrected chi connectivity index (χ1v) is 16.1. The molecule has 6 rings (SSSR count). The molecule has 2 aliphatic rings. The summed E-state index contributed by atoms with van der Waals surface area (Å²) in [5.74, 6) is 1.40. The van der Waals surface area contributed by atoms with Gasteiger partial charge < -0.3 is 34.8 Å². The van der Waals surface area contributed by atoms with E-state index in [4.69, 9.17) is 29.2 Å². The van der Waals surface area contributed by atoms with Crippen molar-refractivity contribution in [1.82, 2.24) is 10.2 Å². The van der Waals surface area contributed by atoms with Crippen LogP contribution in [0.2, 0.25) is 0 Å². The van der Waals surface area contributed by atoms with Crippen LogP contribution in [0.5, 0.6) is 11.5 Å². The molecule has 0 radical (unpaired) electrons. The lowest BCUT2D eigenvalue weighted by Gasteiger charge is -2.50. The highest BCUT2D eigenvalue weighted by Crippen LogP contribution is 2.53. The van der Waals surface area contributed by atoms with Gasteiger partial charge >= 0.3 is 0 Å². The van der Waals surface area contributed by atoms with E-state index < -0.39 is 49.0 Å². The van der Waals surface area contributed by atoms with Gasteiger partial charge in [-0.3, -0.25) is 14.7 Å². The van der Waals surface area contributed by atoms with Gasteiger partial charge in [-0.2, -0.15) is 0 Å².